The van der Waals surface area contributed by atoms with Gasteiger partial charge in [0, 0.05) is 25.8 Å². The Balaban J connectivity index is 2.11. The summed E-state index contributed by atoms with van der Waals surface area (Å²) in [7, 11) is 0. The fourth-order valence-electron chi connectivity index (χ4n) is 2.82. The Morgan fingerprint density at radius 3 is 2.79 bits per heavy atom. The molecule has 1 aliphatic heterocycles. The quantitative estimate of drug-likeness (QED) is 0.858. The van der Waals surface area contributed by atoms with E-state index in [4.69, 9.17) is 0 Å². The van der Waals surface area contributed by atoms with Gasteiger partial charge in [0.25, 0.3) is 5.56 Å². The Bertz CT molecular complexity index is 850. The Hall–Kier alpha value is -2.63. The molecule has 2 heterocycles. The van der Waals surface area contributed by atoms with E-state index in [-0.39, 0.29) is 11.2 Å². The molecule has 126 valence electrons. The molecule has 6 heteroatoms. The highest BCUT2D eigenvalue weighted by atomic mass is 16.2. The van der Waals surface area contributed by atoms with Crippen molar-refractivity contribution < 1.29 is 0 Å². The minimum Gasteiger partial charge on any atom is -0.369 e. The fourth-order valence-corrected chi connectivity index (χ4v) is 2.82. The average molecular weight is 326 g/mol. The Labute approximate surface area is 140 Å². The van der Waals surface area contributed by atoms with Crippen molar-refractivity contribution in [1.29, 1.82) is 0 Å². The largest absolute Gasteiger partial charge is 0.369 e. The summed E-state index contributed by atoms with van der Waals surface area (Å²) >= 11 is 0. The second kappa shape index (κ2) is 7.29. The van der Waals surface area contributed by atoms with Crippen molar-refractivity contribution in [3.05, 3.63) is 56.7 Å². The molecular formula is C18H22N4O2. The molecule has 24 heavy (non-hydrogen) atoms. The molecule has 0 unspecified atom stereocenters. The average Bonchev–Trinajstić information content (AvgIpc) is 2.62. The molecule has 0 amide bonds. The molecule has 0 spiro atoms. The van der Waals surface area contributed by atoms with Crippen LogP contribution in [0.3, 0.4) is 0 Å². The summed E-state index contributed by atoms with van der Waals surface area (Å²) in [5.41, 5.74) is 0.669. The van der Waals surface area contributed by atoms with Gasteiger partial charge < -0.3 is 5.32 Å². The van der Waals surface area contributed by atoms with Crippen molar-refractivity contribution in [2.45, 2.75) is 39.3 Å². The van der Waals surface area contributed by atoms with Gasteiger partial charge in [-0.15, -0.1) is 0 Å². The van der Waals surface area contributed by atoms with Crippen molar-refractivity contribution >= 4 is 17.7 Å². The first-order valence-corrected chi connectivity index (χ1v) is 8.43. The van der Waals surface area contributed by atoms with Gasteiger partial charge >= 0.3 is 5.69 Å². The van der Waals surface area contributed by atoms with E-state index in [9.17, 15) is 9.59 Å². The zero-order valence-corrected chi connectivity index (χ0v) is 13.9. The molecule has 1 aromatic heterocycles. The highest BCUT2D eigenvalue weighted by molar-refractivity contribution is 5.83. The van der Waals surface area contributed by atoms with Crippen LogP contribution in [0.4, 0.5) is 11.5 Å². The van der Waals surface area contributed by atoms with E-state index in [0.29, 0.717) is 24.6 Å². The van der Waals surface area contributed by atoms with Crippen LogP contribution in [-0.2, 0) is 13.1 Å². The molecule has 6 nitrogen and oxygen atoms in total. The van der Waals surface area contributed by atoms with Crippen LogP contribution in [0.25, 0.3) is 0 Å². The van der Waals surface area contributed by atoms with Gasteiger partial charge in [-0.25, -0.2) is 9.79 Å². The lowest BCUT2D eigenvalue weighted by molar-refractivity contribution is 0.515. The lowest BCUT2D eigenvalue weighted by Crippen LogP contribution is -2.42. The number of benzene rings is 1. The number of nitrogens with zero attached hydrogens (tertiary/aromatic N) is 3. The van der Waals surface area contributed by atoms with E-state index in [1.165, 1.54) is 4.57 Å². The van der Waals surface area contributed by atoms with E-state index in [1.807, 2.05) is 37.3 Å². The summed E-state index contributed by atoms with van der Waals surface area (Å²) in [6.45, 7) is 3.83. The summed E-state index contributed by atoms with van der Waals surface area (Å²) in [6.07, 6.45) is 4.25. The third-order valence-corrected chi connectivity index (χ3v) is 4.13. The molecule has 1 N–H and O–H groups in total. The second-order valence-electron chi connectivity index (χ2n) is 5.89. The molecule has 0 saturated heterocycles. The molecule has 0 aliphatic carbocycles. The van der Waals surface area contributed by atoms with Crippen molar-refractivity contribution in [2.24, 2.45) is 4.99 Å². The van der Waals surface area contributed by atoms with Crippen molar-refractivity contribution in [1.82, 2.24) is 9.13 Å². The summed E-state index contributed by atoms with van der Waals surface area (Å²) in [4.78, 5) is 29.8. The maximum atomic E-state index is 12.8. The first-order valence-electron chi connectivity index (χ1n) is 8.43. The smallest absolute Gasteiger partial charge is 0.332 e. The van der Waals surface area contributed by atoms with Gasteiger partial charge in [-0.1, -0.05) is 43.7 Å². The molecule has 0 bridgehead atoms. The summed E-state index contributed by atoms with van der Waals surface area (Å²) in [5.74, 6) is 0.538. The van der Waals surface area contributed by atoms with Crippen LogP contribution in [0.2, 0.25) is 0 Å². The predicted octanol–water partition coefficient (Wildman–Crippen LogP) is 2.38. The van der Waals surface area contributed by atoms with Crippen LogP contribution >= 0.6 is 0 Å². The van der Waals surface area contributed by atoms with Gasteiger partial charge in [-0.05, 0) is 18.4 Å². The van der Waals surface area contributed by atoms with Crippen LogP contribution in [0, 0.1) is 0 Å². The second-order valence-corrected chi connectivity index (χ2v) is 5.89. The van der Waals surface area contributed by atoms with Crippen LogP contribution in [0.1, 0.15) is 31.7 Å². The third kappa shape index (κ3) is 3.18. The van der Waals surface area contributed by atoms with Crippen molar-refractivity contribution in [3.8, 4) is 0 Å². The molecule has 1 aromatic carbocycles. The van der Waals surface area contributed by atoms with E-state index in [1.54, 1.807) is 10.8 Å². The van der Waals surface area contributed by atoms with Gasteiger partial charge in [0.2, 0.25) is 0 Å². The molecule has 3 rings (SSSR count). The SMILES string of the molecule is CCCCn1c(=O)c(N=Cc2ccccc2)c2n(c1=O)CCCN2. The van der Waals surface area contributed by atoms with Gasteiger partial charge in [0.05, 0.1) is 0 Å². The van der Waals surface area contributed by atoms with E-state index in [2.05, 4.69) is 10.3 Å². The summed E-state index contributed by atoms with van der Waals surface area (Å²) < 4.78 is 2.95. The molecule has 0 saturated carbocycles. The number of aromatic nitrogens is 2. The predicted molar refractivity (Wildman–Crippen MR) is 96.7 cm³/mol. The number of unbranched alkanes of at least 4 members (excludes halogenated alkanes) is 1. The maximum absolute atomic E-state index is 12.8. The fraction of sp³-hybridized carbons (Fsp3) is 0.389. The minimum absolute atomic E-state index is 0.241. The molecule has 1 aliphatic rings. The monoisotopic (exact) mass is 326 g/mol. The number of fused-ring (bicyclic) bond motifs is 1. The van der Waals surface area contributed by atoms with Crippen LogP contribution in [0.15, 0.2) is 44.9 Å². The van der Waals surface area contributed by atoms with Crippen molar-refractivity contribution in [3.63, 3.8) is 0 Å². The molecule has 2 aromatic rings. The van der Waals surface area contributed by atoms with E-state index < -0.39 is 0 Å². The van der Waals surface area contributed by atoms with E-state index in [0.717, 1.165) is 31.4 Å². The number of nitrogens with one attached hydrogen (secondary N) is 1. The summed E-state index contributed by atoms with van der Waals surface area (Å²) in [6, 6.07) is 9.62. The van der Waals surface area contributed by atoms with Gasteiger partial charge in [0.1, 0.15) is 5.82 Å². The standard InChI is InChI=1S/C18H22N4O2/c1-2-3-11-22-17(23)15(20-13-14-8-5-4-6-9-14)16-19-10-7-12-21(16)18(22)24/h4-6,8-9,13,19H,2-3,7,10-12H2,1H3. The highest BCUT2D eigenvalue weighted by Gasteiger charge is 2.20. The Morgan fingerprint density at radius 2 is 2.04 bits per heavy atom. The minimum atomic E-state index is -0.318. The van der Waals surface area contributed by atoms with Crippen LogP contribution < -0.4 is 16.6 Å². The maximum Gasteiger partial charge on any atom is 0.332 e. The zero-order valence-electron chi connectivity index (χ0n) is 13.9. The first-order chi connectivity index (χ1) is 11.7. The van der Waals surface area contributed by atoms with Crippen LogP contribution in [0.5, 0.6) is 0 Å². The normalized spacial score (nSPS) is 13.7. The van der Waals surface area contributed by atoms with Gasteiger partial charge in [-0.2, -0.15) is 0 Å². The molecule has 0 atom stereocenters. The van der Waals surface area contributed by atoms with Crippen molar-refractivity contribution in [2.75, 3.05) is 11.9 Å². The first kappa shape index (κ1) is 16.2. The number of rotatable bonds is 5. The van der Waals surface area contributed by atoms with Gasteiger partial charge in [0.15, 0.2) is 5.69 Å². The van der Waals surface area contributed by atoms with E-state index >= 15 is 0 Å². The number of hydrogen-bond acceptors (Lipinski definition) is 4. The Morgan fingerprint density at radius 1 is 1.25 bits per heavy atom. The molecule has 0 radical (unpaired) electrons. The lowest BCUT2D eigenvalue weighted by Gasteiger charge is -2.22. The number of anilines is 1. The molecular weight excluding hydrogens is 304 g/mol. The number of aliphatic imine (C=N–C) groups is 1. The number of hydrogen-bond donors (Lipinski definition) is 1. The third-order valence-electron chi connectivity index (χ3n) is 4.13. The van der Waals surface area contributed by atoms with Crippen LogP contribution in [-0.4, -0.2) is 21.9 Å². The zero-order chi connectivity index (χ0) is 16.9. The van der Waals surface area contributed by atoms with Gasteiger partial charge in [-0.3, -0.25) is 13.9 Å². The topological polar surface area (TPSA) is 68.4 Å². The molecule has 0 fully saturated rings. The Kier molecular flexibility index (Phi) is 4.93. The lowest BCUT2D eigenvalue weighted by atomic mass is 10.2. The summed E-state index contributed by atoms with van der Waals surface area (Å²) in [5, 5.41) is 3.17. The highest BCUT2D eigenvalue weighted by Crippen LogP contribution is 2.22.